The van der Waals surface area contributed by atoms with Crippen LogP contribution in [0.1, 0.15) is 48.0 Å². The van der Waals surface area contributed by atoms with Crippen molar-refractivity contribution < 1.29 is 0 Å². The first-order valence-corrected chi connectivity index (χ1v) is 5.21. The molecule has 0 fully saturated rings. The highest BCUT2D eigenvalue weighted by atomic mass is 14.6. The summed E-state index contributed by atoms with van der Waals surface area (Å²) in [4.78, 5) is 0. The Morgan fingerprint density at radius 3 is 1.08 bits per heavy atom. The number of hydrogen-bond acceptors (Lipinski definition) is 0. The molecule has 0 unspecified atom stereocenters. The van der Waals surface area contributed by atoms with Crippen LogP contribution in [0.25, 0.3) is 0 Å². The zero-order valence-corrected chi connectivity index (χ0v) is 9.71. The van der Waals surface area contributed by atoms with Crippen molar-refractivity contribution in [3.05, 3.63) is 22.3 Å². The van der Waals surface area contributed by atoms with E-state index in [0.29, 0.717) is 10.8 Å². The van der Waals surface area contributed by atoms with Crippen molar-refractivity contribution in [1.82, 2.24) is 0 Å². The maximum atomic E-state index is 2.41. The Morgan fingerprint density at radius 2 is 0.923 bits per heavy atom. The van der Waals surface area contributed by atoms with Gasteiger partial charge in [0.05, 0.1) is 0 Å². The highest BCUT2D eigenvalue weighted by Crippen LogP contribution is 2.65. The Labute approximate surface area is 81.7 Å². The van der Waals surface area contributed by atoms with Gasteiger partial charge in [-0.25, -0.2) is 0 Å². The standard InChI is InChI=1S/C13H20/c1-8-9(2)13(6)7-12(8,5)10(3)11(13)4/h7H2,1-6H3. The number of fused-ring (bicyclic) bond motifs is 2. The molecule has 2 aliphatic rings. The zero-order valence-electron chi connectivity index (χ0n) is 9.71. The normalized spacial score (nSPS) is 43.8. The summed E-state index contributed by atoms with van der Waals surface area (Å²) < 4.78 is 0. The fraction of sp³-hybridized carbons (Fsp3) is 0.692. The van der Waals surface area contributed by atoms with Crippen LogP contribution in [0.15, 0.2) is 22.3 Å². The van der Waals surface area contributed by atoms with Crippen LogP contribution >= 0.6 is 0 Å². The first-order chi connectivity index (χ1) is 5.84. The SMILES string of the molecule is CC1=C(C)C2(C)CC1(C)C(C)=C2C. The molecule has 0 amide bonds. The van der Waals surface area contributed by atoms with Gasteiger partial charge in [-0.05, 0) is 34.1 Å². The van der Waals surface area contributed by atoms with Crippen LogP contribution in [0.4, 0.5) is 0 Å². The van der Waals surface area contributed by atoms with Crippen LogP contribution in [0, 0.1) is 10.8 Å². The van der Waals surface area contributed by atoms with Crippen molar-refractivity contribution in [3.63, 3.8) is 0 Å². The van der Waals surface area contributed by atoms with Gasteiger partial charge in [0.25, 0.3) is 0 Å². The van der Waals surface area contributed by atoms with Crippen molar-refractivity contribution >= 4 is 0 Å². The van der Waals surface area contributed by atoms with Crippen LogP contribution in [0.5, 0.6) is 0 Å². The Bertz CT molecular complexity index is 281. The van der Waals surface area contributed by atoms with Gasteiger partial charge in [-0.15, -0.1) is 0 Å². The lowest BCUT2D eigenvalue weighted by Gasteiger charge is -2.29. The molecule has 0 aromatic heterocycles. The second-order valence-corrected chi connectivity index (χ2v) is 5.34. The van der Waals surface area contributed by atoms with Crippen molar-refractivity contribution in [3.8, 4) is 0 Å². The second-order valence-electron chi connectivity index (χ2n) is 5.34. The quantitative estimate of drug-likeness (QED) is 0.488. The van der Waals surface area contributed by atoms with E-state index in [9.17, 15) is 0 Å². The van der Waals surface area contributed by atoms with Gasteiger partial charge in [0, 0.05) is 10.8 Å². The van der Waals surface area contributed by atoms with E-state index < -0.39 is 0 Å². The number of allylic oxidation sites excluding steroid dienone is 4. The lowest BCUT2D eigenvalue weighted by atomic mass is 9.76. The van der Waals surface area contributed by atoms with E-state index in [2.05, 4.69) is 41.5 Å². The Kier molecular flexibility index (Phi) is 1.46. The van der Waals surface area contributed by atoms with Gasteiger partial charge in [-0.1, -0.05) is 36.1 Å². The number of hydrogen-bond donors (Lipinski definition) is 0. The van der Waals surface area contributed by atoms with E-state index >= 15 is 0 Å². The molecule has 0 spiro atoms. The molecule has 2 aliphatic carbocycles. The summed E-state index contributed by atoms with van der Waals surface area (Å²) in [6, 6.07) is 0. The average molecular weight is 176 g/mol. The molecule has 72 valence electrons. The smallest absolute Gasteiger partial charge is 0.0104 e. The predicted molar refractivity (Wildman–Crippen MR) is 57.6 cm³/mol. The molecule has 0 atom stereocenters. The van der Waals surface area contributed by atoms with E-state index in [0.717, 1.165) is 0 Å². The van der Waals surface area contributed by atoms with Crippen LogP contribution in [-0.4, -0.2) is 0 Å². The summed E-state index contributed by atoms with van der Waals surface area (Å²) in [6.45, 7) is 14.1. The number of rotatable bonds is 0. The van der Waals surface area contributed by atoms with Gasteiger partial charge in [-0.3, -0.25) is 0 Å². The molecule has 0 saturated carbocycles. The van der Waals surface area contributed by atoms with Crippen LogP contribution in [0.2, 0.25) is 0 Å². The fourth-order valence-corrected chi connectivity index (χ4v) is 3.46. The third kappa shape index (κ3) is 0.734. The van der Waals surface area contributed by atoms with Gasteiger partial charge in [0.15, 0.2) is 0 Å². The minimum atomic E-state index is 0.392. The second kappa shape index (κ2) is 2.10. The molecule has 2 rings (SSSR count). The maximum absolute atomic E-state index is 2.41. The van der Waals surface area contributed by atoms with Crippen LogP contribution in [0.3, 0.4) is 0 Å². The van der Waals surface area contributed by atoms with Gasteiger partial charge in [0.2, 0.25) is 0 Å². The van der Waals surface area contributed by atoms with Crippen molar-refractivity contribution in [2.45, 2.75) is 48.0 Å². The summed E-state index contributed by atoms with van der Waals surface area (Å²) in [5.41, 5.74) is 7.28. The lowest BCUT2D eigenvalue weighted by Crippen LogP contribution is -2.15. The third-order valence-corrected chi connectivity index (χ3v) is 5.14. The first-order valence-electron chi connectivity index (χ1n) is 5.21. The van der Waals surface area contributed by atoms with E-state index in [1.807, 2.05) is 0 Å². The van der Waals surface area contributed by atoms with E-state index in [1.165, 1.54) is 6.42 Å². The van der Waals surface area contributed by atoms with Crippen LogP contribution < -0.4 is 0 Å². The molecule has 0 heteroatoms. The molecule has 0 N–H and O–H groups in total. The van der Waals surface area contributed by atoms with Crippen molar-refractivity contribution in [1.29, 1.82) is 0 Å². The average Bonchev–Trinajstić information content (AvgIpc) is 2.36. The fourth-order valence-electron chi connectivity index (χ4n) is 3.46. The van der Waals surface area contributed by atoms with Gasteiger partial charge >= 0.3 is 0 Å². The van der Waals surface area contributed by atoms with E-state index in [1.54, 1.807) is 22.3 Å². The minimum Gasteiger partial charge on any atom is -0.0635 e. The molecule has 2 bridgehead atoms. The Balaban J connectivity index is 2.68. The molecule has 13 heavy (non-hydrogen) atoms. The highest BCUT2D eigenvalue weighted by Gasteiger charge is 2.53. The summed E-state index contributed by atoms with van der Waals surface area (Å²) >= 11 is 0. The van der Waals surface area contributed by atoms with E-state index in [4.69, 9.17) is 0 Å². The molecule has 0 heterocycles. The molecular formula is C13H20. The topological polar surface area (TPSA) is 0 Å². The predicted octanol–water partition coefficient (Wildman–Crippen LogP) is 4.09. The Morgan fingerprint density at radius 1 is 0.692 bits per heavy atom. The molecule has 0 saturated heterocycles. The van der Waals surface area contributed by atoms with E-state index in [-0.39, 0.29) is 0 Å². The summed E-state index contributed by atoms with van der Waals surface area (Å²) in [6.07, 6.45) is 1.31. The van der Waals surface area contributed by atoms with Gasteiger partial charge < -0.3 is 0 Å². The summed E-state index contributed by atoms with van der Waals surface area (Å²) in [7, 11) is 0. The molecule has 0 radical (unpaired) electrons. The first kappa shape index (κ1) is 9.05. The molecule has 0 nitrogen and oxygen atoms in total. The van der Waals surface area contributed by atoms with Gasteiger partial charge in [0.1, 0.15) is 0 Å². The maximum Gasteiger partial charge on any atom is 0.0104 e. The molecule has 0 aromatic carbocycles. The highest BCUT2D eigenvalue weighted by molar-refractivity contribution is 5.52. The largest absolute Gasteiger partial charge is 0.0635 e. The van der Waals surface area contributed by atoms with Crippen LogP contribution in [-0.2, 0) is 0 Å². The van der Waals surface area contributed by atoms with Gasteiger partial charge in [-0.2, -0.15) is 0 Å². The summed E-state index contributed by atoms with van der Waals surface area (Å²) in [5, 5.41) is 0. The zero-order chi connectivity index (χ0) is 10.0. The van der Waals surface area contributed by atoms with Crippen molar-refractivity contribution in [2.24, 2.45) is 10.8 Å². The minimum absolute atomic E-state index is 0.392. The molecule has 0 aromatic rings. The third-order valence-electron chi connectivity index (χ3n) is 5.14. The Hall–Kier alpha value is -0.520. The lowest BCUT2D eigenvalue weighted by molar-refractivity contribution is 0.406. The summed E-state index contributed by atoms with van der Waals surface area (Å²) in [5.74, 6) is 0. The molecule has 0 aliphatic heterocycles. The van der Waals surface area contributed by atoms with Crippen molar-refractivity contribution in [2.75, 3.05) is 0 Å². The molecular weight excluding hydrogens is 156 g/mol. The monoisotopic (exact) mass is 176 g/mol.